The molecule has 0 spiro atoms. The van der Waals surface area contributed by atoms with Crippen molar-refractivity contribution in [1.82, 2.24) is 0 Å². The summed E-state index contributed by atoms with van der Waals surface area (Å²) in [7, 11) is 2.71. The zero-order valence-electron chi connectivity index (χ0n) is 16.6. The van der Waals surface area contributed by atoms with Crippen LogP contribution in [-0.4, -0.2) is 39.0 Å². The molecule has 2 aromatic carbocycles. The number of hydrogen-bond donors (Lipinski definition) is 0. The van der Waals surface area contributed by atoms with Crippen molar-refractivity contribution in [1.29, 1.82) is 0 Å². The second kappa shape index (κ2) is 11.4. The van der Waals surface area contributed by atoms with Gasteiger partial charge in [0.1, 0.15) is 12.2 Å². The molecule has 0 aliphatic rings. The van der Waals surface area contributed by atoms with Crippen LogP contribution in [0.25, 0.3) is 5.57 Å². The smallest absolute Gasteiger partial charge is 0.360 e. The van der Waals surface area contributed by atoms with E-state index in [2.05, 4.69) is 5.16 Å². The van der Waals surface area contributed by atoms with Crippen molar-refractivity contribution in [3.05, 3.63) is 77.0 Å². The minimum atomic E-state index is -0.633. The summed E-state index contributed by atoms with van der Waals surface area (Å²) in [6.45, 7) is 2.06. The van der Waals surface area contributed by atoms with Gasteiger partial charge >= 0.3 is 11.9 Å². The molecule has 29 heavy (non-hydrogen) atoms. The van der Waals surface area contributed by atoms with E-state index in [-0.39, 0.29) is 12.2 Å². The number of methoxy groups -OCH3 is 2. The predicted molar refractivity (Wildman–Crippen MR) is 108 cm³/mol. The fourth-order valence-electron chi connectivity index (χ4n) is 2.41. The fourth-order valence-corrected chi connectivity index (χ4v) is 2.41. The largest absolute Gasteiger partial charge is 0.503 e. The highest BCUT2D eigenvalue weighted by molar-refractivity contribution is 6.18. The van der Waals surface area contributed by atoms with Gasteiger partial charge in [0.05, 0.1) is 33.3 Å². The fraction of sp³-hybridized carbons (Fsp3) is 0.227. The minimum absolute atomic E-state index is 0.213. The van der Waals surface area contributed by atoms with Crippen LogP contribution in [0.5, 0.6) is 0 Å². The van der Waals surface area contributed by atoms with Gasteiger partial charge in [0.2, 0.25) is 0 Å². The van der Waals surface area contributed by atoms with Gasteiger partial charge in [-0.1, -0.05) is 59.3 Å². The first-order valence-corrected chi connectivity index (χ1v) is 8.82. The van der Waals surface area contributed by atoms with Crippen LogP contribution in [-0.2, 0) is 35.2 Å². The predicted octanol–water partition coefficient (Wildman–Crippen LogP) is 3.25. The molecule has 0 aliphatic carbocycles. The van der Waals surface area contributed by atoms with Gasteiger partial charge in [-0.25, -0.2) is 9.59 Å². The molecule has 0 atom stereocenters. The van der Waals surface area contributed by atoms with Crippen LogP contribution in [0.15, 0.2) is 59.9 Å². The number of hydrogen-bond acceptors (Lipinski definition) is 7. The molecule has 2 rings (SSSR count). The number of carbonyl (C=O) groups is 2. The lowest BCUT2D eigenvalue weighted by Crippen LogP contribution is -2.10. The van der Waals surface area contributed by atoms with Gasteiger partial charge < -0.3 is 19.0 Å². The number of esters is 1. The number of nitrogens with zero attached hydrogens (tertiary/aromatic N) is 1. The Labute approximate surface area is 169 Å². The molecule has 0 saturated heterocycles. The number of carbonyl (C=O) groups excluding carboxylic acids is 2. The van der Waals surface area contributed by atoms with E-state index in [0.29, 0.717) is 17.7 Å². The molecule has 152 valence electrons. The van der Waals surface area contributed by atoms with Crippen molar-refractivity contribution in [3.8, 4) is 0 Å². The Morgan fingerprint density at radius 1 is 1.03 bits per heavy atom. The van der Waals surface area contributed by atoms with Gasteiger partial charge in [-0.3, -0.25) is 0 Å². The summed E-state index contributed by atoms with van der Waals surface area (Å²) in [6, 6.07) is 14.7. The zero-order chi connectivity index (χ0) is 21.1. The summed E-state index contributed by atoms with van der Waals surface area (Å²) in [5.74, 6) is -1.19. The Hall–Kier alpha value is -3.45. The average molecular weight is 397 g/mol. The zero-order valence-corrected chi connectivity index (χ0v) is 16.6. The lowest BCUT2D eigenvalue weighted by atomic mass is 10.0. The molecule has 0 aliphatic heterocycles. The molecule has 0 N–H and O–H groups in total. The Morgan fingerprint density at radius 2 is 1.76 bits per heavy atom. The van der Waals surface area contributed by atoms with E-state index in [1.54, 1.807) is 24.3 Å². The third-order valence-electron chi connectivity index (χ3n) is 3.85. The SMILES string of the molecule is COC=C(C(=O)OC)c1ccccc1C=NOC(=O)COCc1ccc(C)cc1. The van der Waals surface area contributed by atoms with E-state index in [4.69, 9.17) is 19.0 Å². The summed E-state index contributed by atoms with van der Waals surface area (Å²) >= 11 is 0. The van der Waals surface area contributed by atoms with E-state index in [1.807, 2.05) is 31.2 Å². The monoisotopic (exact) mass is 397 g/mol. The maximum absolute atomic E-state index is 12.0. The molecule has 2 aromatic rings. The average Bonchev–Trinajstić information content (AvgIpc) is 2.73. The molecular weight excluding hydrogens is 374 g/mol. The second-order valence-electron chi connectivity index (χ2n) is 6.02. The summed E-state index contributed by atoms with van der Waals surface area (Å²) in [5, 5.41) is 3.69. The van der Waals surface area contributed by atoms with Crippen LogP contribution in [0, 0.1) is 6.92 Å². The lowest BCUT2D eigenvalue weighted by molar-refractivity contribution is -0.149. The number of ether oxygens (including phenoxy) is 3. The first kappa shape index (κ1) is 21.8. The third kappa shape index (κ3) is 6.90. The van der Waals surface area contributed by atoms with E-state index in [9.17, 15) is 9.59 Å². The highest BCUT2D eigenvalue weighted by Crippen LogP contribution is 2.19. The molecule has 0 radical (unpaired) electrons. The summed E-state index contributed by atoms with van der Waals surface area (Å²) in [6.07, 6.45) is 2.61. The van der Waals surface area contributed by atoms with Crippen molar-refractivity contribution >= 4 is 23.7 Å². The van der Waals surface area contributed by atoms with Crippen LogP contribution in [0.3, 0.4) is 0 Å². The molecule has 0 fully saturated rings. The molecule has 7 heteroatoms. The molecule has 0 aromatic heterocycles. The Balaban J connectivity index is 1.94. The normalized spacial score (nSPS) is 11.3. The van der Waals surface area contributed by atoms with Crippen LogP contribution in [0.2, 0.25) is 0 Å². The molecule has 7 nitrogen and oxygen atoms in total. The van der Waals surface area contributed by atoms with Crippen molar-refractivity contribution in [2.24, 2.45) is 5.16 Å². The van der Waals surface area contributed by atoms with Crippen LogP contribution < -0.4 is 0 Å². The van der Waals surface area contributed by atoms with E-state index in [0.717, 1.165) is 11.1 Å². The molecule has 0 heterocycles. The standard InChI is InChI=1S/C22H23NO6/c1-16-8-10-17(11-9-16)13-28-15-21(24)29-23-12-18-6-4-5-7-19(18)20(14-26-2)22(25)27-3/h4-12,14H,13,15H2,1-3H3. The molecule has 0 saturated carbocycles. The van der Waals surface area contributed by atoms with Gasteiger partial charge in [0, 0.05) is 11.1 Å². The van der Waals surface area contributed by atoms with Crippen LogP contribution >= 0.6 is 0 Å². The van der Waals surface area contributed by atoms with Gasteiger partial charge in [-0.05, 0) is 12.5 Å². The maximum Gasteiger partial charge on any atom is 0.360 e. The topological polar surface area (TPSA) is 83.4 Å². The van der Waals surface area contributed by atoms with E-state index >= 15 is 0 Å². The van der Waals surface area contributed by atoms with Crippen LogP contribution in [0.1, 0.15) is 22.3 Å². The Morgan fingerprint density at radius 3 is 2.45 bits per heavy atom. The van der Waals surface area contributed by atoms with Crippen molar-refractivity contribution in [2.45, 2.75) is 13.5 Å². The summed E-state index contributed by atoms with van der Waals surface area (Å²) < 4.78 is 15.1. The van der Waals surface area contributed by atoms with Crippen LogP contribution in [0.4, 0.5) is 0 Å². The first-order chi connectivity index (χ1) is 14.0. The van der Waals surface area contributed by atoms with Gasteiger partial charge in [-0.15, -0.1) is 0 Å². The molecule has 0 amide bonds. The number of rotatable bonds is 9. The quantitative estimate of drug-likeness (QED) is 0.161. The van der Waals surface area contributed by atoms with Gasteiger partial charge in [0.25, 0.3) is 0 Å². The Bertz CT molecular complexity index is 886. The van der Waals surface area contributed by atoms with E-state index in [1.165, 1.54) is 26.7 Å². The van der Waals surface area contributed by atoms with Gasteiger partial charge in [-0.2, -0.15) is 0 Å². The Kier molecular flexibility index (Phi) is 8.59. The van der Waals surface area contributed by atoms with Crippen molar-refractivity contribution in [2.75, 3.05) is 20.8 Å². The molecular formula is C22H23NO6. The third-order valence-corrected chi connectivity index (χ3v) is 3.85. The number of oxime groups is 1. The molecule has 0 bridgehead atoms. The summed E-state index contributed by atoms with van der Waals surface area (Å²) in [4.78, 5) is 28.6. The van der Waals surface area contributed by atoms with Crippen molar-refractivity contribution < 1.29 is 28.6 Å². The first-order valence-electron chi connectivity index (χ1n) is 8.82. The minimum Gasteiger partial charge on any atom is -0.503 e. The number of benzene rings is 2. The highest BCUT2D eigenvalue weighted by atomic mass is 16.7. The van der Waals surface area contributed by atoms with Crippen molar-refractivity contribution in [3.63, 3.8) is 0 Å². The van der Waals surface area contributed by atoms with Gasteiger partial charge in [0.15, 0.2) is 0 Å². The summed E-state index contributed by atoms with van der Waals surface area (Å²) in [5.41, 5.74) is 3.40. The second-order valence-corrected chi connectivity index (χ2v) is 6.02. The molecule has 0 unspecified atom stereocenters. The van der Waals surface area contributed by atoms with E-state index < -0.39 is 11.9 Å². The maximum atomic E-state index is 12.0. The number of aryl methyl sites for hydroxylation is 1. The highest BCUT2D eigenvalue weighted by Gasteiger charge is 2.16. The lowest BCUT2D eigenvalue weighted by Gasteiger charge is -2.08.